The molecule has 0 aliphatic rings. The Morgan fingerprint density at radius 3 is 2.41 bits per heavy atom. The van der Waals surface area contributed by atoms with Crippen LogP contribution in [0, 0.1) is 0 Å². The van der Waals surface area contributed by atoms with Crippen LogP contribution in [0.15, 0.2) is 66.5 Å². The normalized spacial score (nSPS) is 11.8. The second kappa shape index (κ2) is 6.59. The van der Waals surface area contributed by atoms with Gasteiger partial charge in [0.15, 0.2) is 12.4 Å². The first-order chi connectivity index (χ1) is 8.13. The predicted molar refractivity (Wildman–Crippen MR) is 69.4 cm³/mol. The van der Waals surface area contributed by atoms with Crippen LogP contribution in [0.4, 0.5) is 0 Å². The van der Waals surface area contributed by atoms with Gasteiger partial charge in [0.25, 0.3) is 0 Å². The lowest BCUT2D eigenvalue weighted by Crippen LogP contribution is -2.37. The van der Waals surface area contributed by atoms with Crippen LogP contribution < -0.4 is 4.57 Å². The molecule has 1 rings (SSSR count). The van der Waals surface area contributed by atoms with Crippen LogP contribution in [0.25, 0.3) is 0 Å². The molecule has 88 valence electrons. The fourth-order valence-electron chi connectivity index (χ4n) is 1.38. The van der Waals surface area contributed by atoms with Crippen molar-refractivity contribution < 1.29 is 9.36 Å². The van der Waals surface area contributed by atoms with Gasteiger partial charge in [-0.1, -0.05) is 36.4 Å². The Kier molecular flexibility index (Phi) is 5.08. The molecule has 0 N–H and O–H groups in total. The van der Waals surface area contributed by atoms with Crippen molar-refractivity contribution in [1.82, 2.24) is 0 Å². The number of carbonyl (C=O) groups is 1. The van der Waals surface area contributed by atoms with Gasteiger partial charge in [-0.2, -0.15) is 4.57 Å². The van der Waals surface area contributed by atoms with Gasteiger partial charge in [-0.25, -0.2) is 0 Å². The molecule has 0 unspecified atom stereocenters. The van der Waals surface area contributed by atoms with Crippen LogP contribution >= 0.6 is 0 Å². The summed E-state index contributed by atoms with van der Waals surface area (Å²) in [6.45, 7) is 7.91. The Bertz CT molecular complexity index is 455. The molecule has 1 aromatic heterocycles. The summed E-state index contributed by atoms with van der Waals surface area (Å²) in [7, 11) is 0. The Hall–Kier alpha value is -1.96. The van der Waals surface area contributed by atoms with Gasteiger partial charge in [0.05, 0.1) is 0 Å². The van der Waals surface area contributed by atoms with Crippen molar-refractivity contribution in [2.24, 2.45) is 0 Å². The maximum atomic E-state index is 12.0. The molecule has 0 aliphatic carbocycles. The molecule has 0 atom stereocenters. The highest BCUT2D eigenvalue weighted by Gasteiger charge is 2.11. The van der Waals surface area contributed by atoms with Crippen LogP contribution in [0.1, 0.15) is 13.8 Å². The molecular formula is C15H18NO+. The van der Waals surface area contributed by atoms with Crippen molar-refractivity contribution in [2.45, 2.75) is 20.4 Å². The van der Waals surface area contributed by atoms with Crippen molar-refractivity contribution >= 4 is 5.78 Å². The Balaban J connectivity index is 2.72. The quantitative estimate of drug-likeness (QED) is 0.431. The molecular weight excluding hydrogens is 210 g/mol. The number of allylic oxidation sites excluding steroid dienone is 5. The first-order valence-electron chi connectivity index (χ1n) is 5.60. The van der Waals surface area contributed by atoms with E-state index in [4.69, 9.17) is 0 Å². The second-order valence-electron chi connectivity index (χ2n) is 3.89. The van der Waals surface area contributed by atoms with E-state index in [1.54, 1.807) is 0 Å². The number of pyridine rings is 1. The summed E-state index contributed by atoms with van der Waals surface area (Å²) in [4.78, 5) is 12.0. The van der Waals surface area contributed by atoms with Gasteiger partial charge in [-0.3, -0.25) is 4.79 Å². The third-order valence-electron chi connectivity index (χ3n) is 2.28. The summed E-state index contributed by atoms with van der Waals surface area (Å²) >= 11 is 0. The highest BCUT2D eigenvalue weighted by Crippen LogP contribution is 2.02. The van der Waals surface area contributed by atoms with Gasteiger partial charge in [-0.05, 0) is 13.8 Å². The number of hydrogen-bond acceptors (Lipinski definition) is 1. The standard InChI is InChI=1S/C15H18NO/c1-4-14(9-8-13(2)3)15(17)12-16-10-6-5-7-11-16/h4-11H,2,12H2,1,3H3/q+1/b9-8-,14-4+. The van der Waals surface area contributed by atoms with Crippen molar-refractivity contribution in [2.75, 3.05) is 0 Å². The molecule has 1 heterocycles. The lowest BCUT2D eigenvalue weighted by molar-refractivity contribution is -0.684. The fraction of sp³-hybridized carbons (Fsp3) is 0.200. The van der Waals surface area contributed by atoms with Crippen molar-refractivity contribution in [1.29, 1.82) is 0 Å². The van der Waals surface area contributed by atoms with Crippen molar-refractivity contribution in [3.63, 3.8) is 0 Å². The molecule has 1 aromatic rings. The third-order valence-corrected chi connectivity index (χ3v) is 2.28. The predicted octanol–water partition coefficient (Wildman–Crippen LogP) is 2.62. The summed E-state index contributed by atoms with van der Waals surface area (Å²) in [5.74, 6) is 0.0983. The zero-order chi connectivity index (χ0) is 12.7. The van der Waals surface area contributed by atoms with E-state index in [0.717, 1.165) is 5.57 Å². The summed E-state index contributed by atoms with van der Waals surface area (Å²) in [6, 6.07) is 5.75. The SMILES string of the molecule is C=C(C)/C=C\C(=C/C)C(=O)C[n+]1ccccc1. The van der Waals surface area contributed by atoms with Crippen molar-refractivity contribution in [3.05, 3.63) is 66.5 Å². The molecule has 2 heteroatoms. The number of Topliss-reactive ketones (excluding diaryl/α,β-unsaturated/α-hetero) is 1. The average Bonchev–Trinajstić information content (AvgIpc) is 2.30. The highest BCUT2D eigenvalue weighted by molar-refractivity contribution is 5.96. The number of ketones is 1. The van der Waals surface area contributed by atoms with E-state index in [2.05, 4.69) is 6.58 Å². The third kappa shape index (κ3) is 4.60. The minimum Gasteiger partial charge on any atom is -0.287 e. The number of carbonyl (C=O) groups excluding carboxylic acids is 1. The summed E-state index contributed by atoms with van der Waals surface area (Å²) in [6.07, 6.45) is 9.25. The molecule has 0 amide bonds. The van der Waals surface area contributed by atoms with Crippen molar-refractivity contribution in [3.8, 4) is 0 Å². The Labute approximate surface area is 103 Å². The molecule has 0 saturated heterocycles. The maximum Gasteiger partial charge on any atom is 0.227 e. The van der Waals surface area contributed by atoms with Crippen LogP contribution in [0.5, 0.6) is 0 Å². The molecule has 17 heavy (non-hydrogen) atoms. The summed E-state index contributed by atoms with van der Waals surface area (Å²) < 4.78 is 1.86. The minimum atomic E-state index is 0.0983. The number of hydrogen-bond donors (Lipinski definition) is 0. The molecule has 0 aromatic carbocycles. The van der Waals surface area contributed by atoms with Gasteiger partial charge in [0.2, 0.25) is 12.3 Å². The van der Waals surface area contributed by atoms with Crippen LogP contribution in [-0.4, -0.2) is 5.78 Å². The molecule has 0 radical (unpaired) electrons. The molecule has 0 fully saturated rings. The van der Waals surface area contributed by atoms with Crippen LogP contribution in [-0.2, 0) is 11.3 Å². The van der Waals surface area contributed by atoms with E-state index in [0.29, 0.717) is 12.1 Å². The van der Waals surface area contributed by atoms with Gasteiger partial charge in [0.1, 0.15) is 0 Å². The highest BCUT2D eigenvalue weighted by atomic mass is 16.1. The van der Waals surface area contributed by atoms with E-state index < -0.39 is 0 Å². The Morgan fingerprint density at radius 2 is 1.88 bits per heavy atom. The van der Waals surface area contributed by atoms with E-state index in [9.17, 15) is 4.79 Å². The lowest BCUT2D eigenvalue weighted by atomic mass is 10.1. The first kappa shape index (κ1) is 13.1. The largest absolute Gasteiger partial charge is 0.287 e. The molecule has 0 aliphatic heterocycles. The average molecular weight is 228 g/mol. The second-order valence-corrected chi connectivity index (χ2v) is 3.89. The monoisotopic (exact) mass is 228 g/mol. The molecule has 0 bridgehead atoms. The van der Waals surface area contributed by atoms with Crippen LogP contribution in [0.3, 0.4) is 0 Å². The van der Waals surface area contributed by atoms with Crippen LogP contribution in [0.2, 0.25) is 0 Å². The lowest BCUT2D eigenvalue weighted by Gasteiger charge is -1.98. The van der Waals surface area contributed by atoms with E-state index in [-0.39, 0.29) is 5.78 Å². The van der Waals surface area contributed by atoms with E-state index >= 15 is 0 Å². The summed E-state index contributed by atoms with van der Waals surface area (Å²) in [5.41, 5.74) is 1.65. The van der Waals surface area contributed by atoms with E-state index in [1.165, 1.54) is 0 Å². The zero-order valence-corrected chi connectivity index (χ0v) is 10.4. The smallest absolute Gasteiger partial charge is 0.227 e. The van der Waals surface area contributed by atoms with E-state index in [1.807, 2.05) is 67.2 Å². The summed E-state index contributed by atoms with van der Waals surface area (Å²) in [5, 5.41) is 0. The molecule has 0 spiro atoms. The minimum absolute atomic E-state index is 0.0983. The number of rotatable bonds is 5. The molecule has 0 saturated carbocycles. The van der Waals surface area contributed by atoms with Gasteiger partial charge in [0, 0.05) is 17.7 Å². The number of nitrogens with zero attached hydrogens (tertiary/aromatic N) is 1. The topological polar surface area (TPSA) is 20.9 Å². The van der Waals surface area contributed by atoms with Gasteiger partial charge in [-0.15, -0.1) is 0 Å². The number of aromatic nitrogens is 1. The molecule has 2 nitrogen and oxygen atoms in total. The zero-order valence-electron chi connectivity index (χ0n) is 10.4. The van der Waals surface area contributed by atoms with Gasteiger partial charge >= 0.3 is 0 Å². The fourth-order valence-corrected chi connectivity index (χ4v) is 1.38. The Morgan fingerprint density at radius 1 is 1.24 bits per heavy atom. The maximum absolute atomic E-state index is 12.0. The van der Waals surface area contributed by atoms with Gasteiger partial charge < -0.3 is 0 Å². The first-order valence-corrected chi connectivity index (χ1v) is 5.60.